The molecule has 206 valence electrons. The third-order valence-corrected chi connectivity index (χ3v) is 6.69. The Morgan fingerprint density at radius 2 is 1.68 bits per heavy atom. The van der Waals surface area contributed by atoms with Crippen molar-refractivity contribution in [2.24, 2.45) is 0 Å². The van der Waals surface area contributed by atoms with Crippen molar-refractivity contribution in [1.29, 1.82) is 0 Å². The number of fused-ring (bicyclic) bond motifs is 1. The van der Waals surface area contributed by atoms with Gasteiger partial charge < -0.3 is 24.1 Å². The van der Waals surface area contributed by atoms with E-state index < -0.39 is 18.5 Å². The van der Waals surface area contributed by atoms with Crippen molar-refractivity contribution >= 4 is 40.3 Å². The fourth-order valence-corrected chi connectivity index (χ4v) is 4.63. The van der Waals surface area contributed by atoms with Crippen LogP contribution in [0.1, 0.15) is 5.56 Å². The predicted molar refractivity (Wildman–Crippen MR) is 157 cm³/mol. The van der Waals surface area contributed by atoms with Crippen LogP contribution in [0.25, 0.3) is 34.2 Å². The van der Waals surface area contributed by atoms with Gasteiger partial charge in [-0.15, -0.1) is 0 Å². The summed E-state index contributed by atoms with van der Waals surface area (Å²) in [5, 5.41) is 8.44. The molecule has 2 aromatic heterocycles. The number of nitrogens with zero attached hydrogens (tertiary/aromatic N) is 3. The number of hydrogen-bond acceptors (Lipinski definition) is 7. The Hall–Kier alpha value is -5.15. The van der Waals surface area contributed by atoms with E-state index in [0.29, 0.717) is 35.9 Å². The van der Waals surface area contributed by atoms with E-state index in [-0.39, 0.29) is 0 Å². The standard InChI is InChI=1S/C32H28N4O5/c37-30(33-25-11-13-26(14-12-25)35-16-18-39-19-17-35)22-40-31(38)15-10-24-21-36(27-7-2-1-3-8-27)34-32(24)29-20-23-6-4-5-9-28(23)41-29/h1-15,20-21H,16-19,22H2,(H,33,37). The first kappa shape index (κ1) is 26.1. The lowest BCUT2D eigenvalue weighted by molar-refractivity contribution is -0.142. The number of para-hydroxylation sites is 2. The summed E-state index contributed by atoms with van der Waals surface area (Å²) < 4.78 is 18.3. The number of rotatable bonds is 8. The van der Waals surface area contributed by atoms with Crippen molar-refractivity contribution in [2.75, 3.05) is 43.1 Å². The fourth-order valence-electron chi connectivity index (χ4n) is 4.63. The van der Waals surface area contributed by atoms with Crippen LogP contribution in [0.2, 0.25) is 0 Å². The van der Waals surface area contributed by atoms with E-state index in [9.17, 15) is 9.59 Å². The second kappa shape index (κ2) is 11.9. The van der Waals surface area contributed by atoms with Crippen LogP contribution in [0.4, 0.5) is 11.4 Å². The van der Waals surface area contributed by atoms with E-state index in [2.05, 4.69) is 10.2 Å². The quantitative estimate of drug-likeness (QED) is 0.207. The van der Waals surface area contributed by atoms with Crippen LogP contribution in [0.3, 0.4) is 0 Å². The van der Waals surface area contributed by atoms with Crippen LogP contribution >= 0.6 is 0 Å². The van der Waals surface area contributed by atoms with Gasteiger partial charge in [-0.1, -0.05) is 36.4 Å². The molecule has 0 atom stereocenters. The average Bonchev–Trinajstić information content (AvgIpc) is 3.65. The minimum atomic E-state index is -0.647. The number of furan rings is 1. The number of amides is 1. The monoisotopic (exact) mass is 548 g/mol. The molecule has 3 aromatic carbocycles. The first-order valence-corrected chi connectivity index (χ1v) is 13.3. The second-order valence-corrected chi connectivity index (χ2v) is 9.50. The van der Waals surface area contributed by atoms with Gasteiger partial charge in [-0.2, -0.15) is 5.10 Å². The summed E-state index contributed by atoms with van der Waals surface area (Å²) in [6, 6.07) is 26.8. The molecule has 1 aliphatic rings. The van der Waals surface area contributed by atoms with Crippen molar-refractivity contribution in [2.45, 2.75) is 0 Å². The van der Waals surface area contributed by atoms with Crippen molar-refractivity contribution in [3.8, 4) is 17.1 Å². The van der Waals surface area contributed by atoms with Gasteiger partial charge in [-0.25, -0.2) is 9.48 Å². The van der Waals surface area contributed by atoms with E-state index in [1.54, 1.807) is 10.8 Å². The van der Waals surface area contributed by atoms with Crippen LogP contribution in [-0.2, 0) is 19.1 Å². The Labute approximate surface area is 236 Å². The van der Waals surface area contributed by atoms with Crippen molar-refractivity contribution in [3.05, 3.63) is 103 Å². The SMILES string of the molecule is O=C(COC(=O)C=Cc1cn(-c2ccccc2)nc1-c1cc2ccccc2o1)Nc1ccc(N2CCOCC2)cc1. The van der Waals surface area contributed by atoms with Gasteiger partial charge in [0.1, 0.15) is 11.3 Å². The molecule has 1 amide bonds. The topological polar surface area (TPSA) is 98.8 Å². The highest BCUT2D eigenvalue weighted by atomic mass is 16.5. The number of carbonyl (C=O) groups is 2. The lowest BCUT2D eigenvalue weighted by Gasteiger charge is -2.28. The van der Waals surface area contributed by atoms with E-state index >= 15 is 0 Å². The maximum Gasteiger partial charge on any atom is 0.331 e. The zero-order valence-electron chi connectivity index (χ0n) is 22.2. The molecule has 6 rings (SSSR count). The molecule has 0 aliphatic carbocycles. The van der Waals surface area contributed by atoms with Crippen LogP contribution < -0.4 is 10.2 Å². The number of aromatic nitrogens is 2. The highest BCUT2D eigenvalue weighted by Gasteiger charge is 2.16. The minimum Gasteiger partial charge on any atom is -0.454 e. The van der Waals surface area contributed by atoms with E-state index in [0.717, 1.165) is 35.4 Å². The Bertz CT molecular complexity index is 1650. The largest absolute Gasteiger partial charge is 0.454 e. The van der Waals surface area contributed by atoms with Gasteiger partial charge in [0.2, 0.25) is 0 Å². The molecular formula is C32H28N4O5. The Kier molecular flexibility index (Phi) is 7.59. The summed E-state index contributed by atoms with van der Waals surface area (Å²) in [4.78, 5) is 27.1. The van der Waals surface area contributed by atoms with E-state index in [1.165, 1.54) is 6.08 Å². The molecule has 0 saturated carbocycles. The average molecular weight is 549 g/mol. The molecule has 1 fully saturated rings. The molecule has 9 nitrogen and oxygen atoms in total. The van der Waals surface area contributed by atoms with E-state index in [1.807, 2.05) is 91.1 Å². The second-order valence-electron chi connectivity index (χ2n) is 9.50. The van der Waals surface area contributed by atoms with Crippen molar-refractivity contribution in [3.63, 3.8) is 0 Å². The number of nitrogens with one attached hydrogen (secondary N) is 1. The normalized spacial score (nSPS) is 13.5. The van der Waals surface area contributed by atoms with Gasteiger partial charge in [-0.05, 0) is 54.6 Å². The van der Waals surface area contributed by atoms with Crippen molar-refractivity contribution < 1.29 is 23.5 Å². The molecule has 1 N–H and O–H groups in total. The van der Waals surface area contributed by atoms with E-state index in [4.69, 9.17) is 19.0 Å². The molecule has 1 aliphatic heterocycles. The maximum absolute atomic E-state index is 12.5. The molecule has 3 heterocycles. The summed E-state index contributed by atoms with van der Waals surface area (Å²) in [6.07, 6.45) is 4.71. The summed E-state index contributed by atoms with van der Waals surface area (Å²) in [6.45, 7) is 2.67. The van der Waals surface area contributed by atoms with Crippen LogP contribution in [0, 0.1) is 0 Å². The minimum absolute atomic E-state index is 0.409. The lowest BCUT2D eigenvalue weighted by atomic mass is 10.2. The molecule has 41 heavy (non-hydrogen) atoms. The predicted octanol–water partition coefficient (Wildman–Crippen LogP) is 5.32. The molecule has 0 radical (unpaired) electrons. The molecule has 9 heteroatoms. The first-order valence-electron chi connectivity index (χ1n) is 13.3. The Morgan fingerprint density at radius 3 is 2.46 bits per heavy atom. The molecule has 1 saturated heterocycles. The van der Waals surface area contributed by atoms with Crippen LogP contribution in [-0.4, -0.2) is 54.6 Å². The summed E-state index contributed by atoms with van der Waals surface area (Å²) >= 11 is 0. The number of anilines is 2. The molecule has 0 bridgehead atoms. The number of benzene rings is 3. The third kappa shape index (κ3) is 6.21. The smallest absolute Gasteiger partial charge is 0.331 e. The Morgan fingerprint density at radius 1 is 0.927 bits per heavy atom. The van der Waals surface area contributed by atoms with Gasteiger partial charge in [0, 0.05) is 47.7 Å². The van der Waals surface area contributed by atoms with Crippen LogP contribution in [0.15, 0.2) is 102 Å². The van der Waals surface area contributed by atoms with Gasteiger partial charge in [0.15, 0.2) is 12.4 Å². The van der Waals surface area contributed by atoms with Gasteiger partial charge in [-0.3, -0.25) is 4.79 Å². The summed E-state index contributed by atoms with van der Waals surface area (Å²) in [5.74, 6) is -0.496. The number of ether oxygens (including phenoxy) is 2. The van der Waals surface area contributed by atoms with Gasteiger partial charge >= 0.3 is 5.97 Å². The van der Waals surface area contributed by atoms with Crippen LogP contribution in [0.5, 0.6) is 0 Å². The molecule has 0 unspecified atom stereocenters. The zero-order valence-corrected chi connectivity index (χ0v) is 22.2. The molecule has 0 spiro atoms. The summed E-state index contributed by atoms with van der Waals surface area (Å²) in [7, 11) is 0. The first-order chi connectivity index (χ1) is 20.1. The molecular weight excluding hydrogens is 520 g/mol. The third-order valence-electron chi connectivity index (χ3n) is 6.69. The van der Waals surface area contributed by atoms with Gasteiger partial charge in [0.05, 0.1) is 18.9 Å². The number of morpholine rings is 1. The number of carbonyl (C=O) groups excluding carboxylic acids is 2. The highest BCUT2D eigenvalue weighted by Crippen LogP contribution is 2.30. The Balaban J connectivity index is 1.11. The summed E-state index contributed by atoms with van der Waals surface area (Å²) in [5.41, 5.74) is 4.54. The number of esters is 1. The maximum atomic E-state index is 12.5. The fraction of sp³-hybridized carbons (Fsp3) is 0.156. The highest BCUT2D eigenvalue weighted by molar-refractivity contribution is 5.95. The van der Waals surface area contributed by atoms with Gasteiger partial charge in [0.25, 0.3) is 5.91 Å². The lowest BCUT2D eigenvalue weighted by Crippen LogP contribution is -2.36. The van der Waals surface area contributed by atoms with Crippen molar-refractivity contribution in [1.82, 2.24) is 9.78 Å². The zero-order chi connectivity index (χ0) is 28.0. The molecule has 5 aromatic rings. The number of hydrogen-bond donors (Lipinski definition) is 1.